The maximum atomic E-state index is 11.7. The smallest absolute Gasteiger partial charge is 0.312 e. The number of hydrogen-bond acceptors (Lipinski definition) is 4. The predicted molar refractivity (Wildman–Crippen MR) is 58.9 cm³/mol. The number of carbonyl (C=O) groups excluding carboxylic acids is 2. The van der Waals surface area contributed by atoms with E-state index in [-0.39, 0.29) is 34.9 Å². The van der Waals surface area contributed by atoms with Crippen LogP contribution in [-0.2, 0) is 14.3 Å². The van der Waals surface area contributed by atoms with Crippen LogP contribution in [0.4, 0.5) is 0 Å². The third-order valence-corrected chi connectivity index (χ3v) is 4.44. The molecule has 3 aliphatic rings. The van der Waals surface area contributed by atoms with Crippen LogP contribution >= 0.6 is 11.6 Å². The van der Waals surface area contributed by atoms with Crippen LogP contribution < -0.4 is 0 Å². The molecule has 17 heavy (non-hydrogen) atoms. The molecule has 0 saturated carbocycles. The number of hydrogen-bond donors (Lipinski definition) is 1. The van der Waals surface area contributed by atoms with Gasteiger partial charge in [-0.3, -0.25) is 9.59 Å². The highest BCUT2D eigenvalue weighted by Gasteiger charge is 2.51. The van der Waals surface area contributed by atoms with Gasteiger partial charge in [-0.15, -0.1) is 0 Å². The SMILES string of the molecule is O=C(Cl)C1CC2=CC(C1)C1C(=O)OC(O)C1C2. The molecule has 0 radical (unpaired) electrons. The molecule has 92 valence electrons. The summed E-state index contributed by atoms with van der Waals surface area (Å²) >= 11 is 5.54. The fourth-order valence-corrected chi connectivity index (χ4v) is 3.57. The molecule has 0 aromatic rings. The minimum absolute atomic E-state index is 0.00477. The molecule has 0 spiro atoms. The Morgan fingerprint density at radius 3 is 2.94 bits per heavy atom. The molecule has 1 heterocycles. The molecule has 2 bridgehead atoms. The summed E-state index contributed by atoms with van der Waals surface area (Å²) in [6.45, 7) is 0. The molecule has 0 aromatic heterocycles. The van der Waals surface area contributed by atoms with Crippen molar-refractivity contribution in [3.05, 3.63) is 11.6 Å². The Balaban J connectivity index is 1.89. The molecule has 1 N–H and O–H groups in total. The maximum Gasteiger partial charge on any atom is 0.312 e. The molecule has 3 rings (SSSR count). The Hall–Kier alpha value is -0.870. The lowest BCUT2D eigenvalue weighted by molar-refractivity contribution is -0.157. The number of ether oxygens (including phenoxy) is 1. The van der Waals surface area contributed by atoms with Crippen LogP contribution in [0.15, 0.2) is 11.6 Å². The zero-order chi connectivity index (χ0) is 12.2. The molecule has 5 unspecified atom stereocenters. The van der Waals surface area contributed by atoms with Crippen molar-refractivity contribution >= 4 is 22.8 Å². The lowest BCUT2D eigenvalue weighted by Crippen LogP contribution is -2.36. The second-order valence-corrected chi connectivity index (χ2v) is 5.52. The molecular formula is C12H13ClO4. The van der Waals surface area contributed by atoms with Gasteiger partial charge in [0.25, 0.3) is 0 Å². The van der Waals surface area contributed by atoms with Crippen LogP contribution in [-0.4, -0.2) is 22.6 Å². The van der Waals surface area contributed by atoms with Gasteiger partial charge in [0.05, 0.1) is 5.92 Å². The first kappa shape index (κ1) is 11.2. The van der Waals surface area contributed by atoms with Crippen LogP contribution in [0.3, 0.4) is 0 Å². The van der Waals surface area contributed by atoms with Crippen LogP contribution in [0.25, 0.3) is 0 Å². The van der Waals surface area contributed by atoms with Gasteiger partial charge in [-0.25, -0.2) is 0 Å². The molecule has 4 nitrogen and oxygen atoms in total. The van der Waals surface area contributed by atoms with Crippen molar-refractivity contribution in [2.75, 3.05) is 0 Å². The van der Waals surface area contributed by atoms with E-state index in [1.54, 1.807) is 0 Å². The number of fused-ring (bicyclic) bond motifs is 3. The van der Waals surface area contributed by atoms with Crippen LogP contribution in [0.2, 0.25) is 0 Å². The van der Waals surface area contributed by atoms with E-state index in [2.05, 4.69) is 6.08 Å². The summed E-state index contributed by atoms with van der Waals surface area (Å²) < 4.78 is 4.88. The number of esters is 1. The fraction of sp³-hybridized carbons (Fsp3) is 0.667. The van der Waals surface area contributed by atoms with Gasteiger partial charge >= 0.3 is 5.97 Å². The Morgan fingerprint density at radius 1 is 1.47 bits per heavy atom. The van der Waals surface area contributed by atoms with Crippen molar-refractivity contribution in [2.45, 2.75) is 25.6 Å². The van der Waals surface area contributed by atoms with Gasteiger partial charge < -0.3 is 9.84 Å². The van der Waals surface area contributed by atoms with E-state index in [1.807, 2.05) is 0 Å². The number of aliphatic hydroxyl groups is 1. The number of carbonyl (C=O) groups is 2. The van der Waals surface area contributed by atoms with Gasteiger partial charge in [-0.2, -0.15) is 0 Å². The molecule has 5 atom stereocenters. The Bertz CT molecular complexity index is 417. The van der Waals surface area contributed by atoms with E-state index in [0.717, 1.165) is 5.57 Å². The van der Waals surface area contributed by atoms with E-state index in [0.29, 0.717) is 19.3 Å². The lowest BCUT2D eigenvalue weighted by atomic mass is 9.66. The van der Waals surface area contributed by atoms with Gasteiger partial charge in [0.2, 0.25) is 11.5 Å². The first-order valence-corrected chi connectivity index (χ1v) is 6.21. The predicted octanol–water partition coefficient (Wildman–Crippen LogP) is 1.22. The summed E-state index contributed by atoms with van der Waals surface area (Å²) in [7, 11) is 0. The highest BCUT2D eigenvalue weighted by Crippen LogP contribution is 2.48. The Kier molecular flexibility index (Phi) is 2.52. The highest BCUT2D eigenvalue weighted by atomic mass is 35.5. The summed E-state index contributed by atoms with van der Waals surface area (Å²) in [6.07, 6.45) is 2.96. The number of cyclic esters (lactones) is 1. The quantitative estimate of drug-likeness (QED) is 0.435. The van der Waals surface area contributed by atoms with Crippen molar-refractivity contribution in [3.8, 4) is 0 Å². The van der Waals surface area contributed by atoms with Gasteiger partial charge in [-0.05, 0) is 36.8 Å². The maximum absolute atomic E-state index is 11.7. The zero-order valence-electron chi connectivity index (χ0n) is 9.14. The number of rotatable bonds is 1. The van der Waals surface area contributed by atoms with E-state index < -0.39 is 6.29 Å². The molecule has 1 saturated heterocycles. The average Bonchev–Trinajstić information content (AvgIpc) is 2.53. The lowest BCUT2D eigenvalue weighted by Gasteiger charge is -2.36. The molecule has 0 aromatic carbocycles. The first-order valence-electron chi connectivity index (χ1n) is 5.83. The van der Waals surface area contributed by atoms with Gasteiger partial charge in [0.1, 0.15) is 0 Å². The first-order chi connectivity index (χ1) is 8.06. The van der Waals surface area contributed by atoms with Crippen LogP contribution in [0.1, 0.15) is 19.3 Å². The molecule has 2 aliphatic carbocycles. The molecule has 1 aliphatic heterocycles. The minimum Gasteiger partial charge on any atom is -0.435 e. The fourth-order valence-electron chi connectivity index (χ4n) is 3.40. The van der Waals surface area contributed by atoms with Gasteiger partial charge in [-0.1, -0.05) is 11.6 Å². The minimum atomic E-state index is -0.984. The summed E-state index contributed by atoms with van der Waals surface area (Å²) in [5, 5.41) is 9.33. The number of aliphatic hydroxyl groups excluding tert-OH is 1. The second kappa shape index (κ2) is 3.82. The zero-order valence-corrected chi connectivity index (χ0v) is 9.89. The summed E-state index contributed by atoms with van der Waals surface area (Å²) in [5.41, 5.74) is 1.12. The number of allylic oxidation sites excluding steroid dienone is 2. The van der Waals surface area contributed by atoms with Crippen molar-refractivity contribution in [3.63, 3.8) is 0 Å². The van der Waals surface area contributed by atoms with Gasteiger partial charge in [0.15, 0.2) is 0 Å². The van der Waals surface area contributed by atoms with E-state index >= 15 is 0 Å². The standard InChI is InChI=1S/C12H13ClO4/c13-10(14)7-2-5-1-6(4-7)9-8(3-5)11(15)17-12(9)16/h1,6-9,11,15H,2-4H2. The molecule has 1 fully saturated rings. The van der Waals surface area contributed by atoms with Crippen molar-refractivity contribution in [1.82, 2.24) is 0 Å². The van der Waals surface area contributed by atoms with E-state index in [9.17, 15) is 14.7 Å². The normalized spacial score (nSPS) is 43.8. The largest absolute Gasteiger partial charge is 0.435 e. The van der Waals surface area contributed by atoms with E-state index in [4.69, 9.17) is 16.3 Å². The van der Waals surface area contributed by atoms with Gasteiger partial charge in [0, 0.05) is 11.8 Å². The third-order valence-electron chi connectivity index (χ3n) is 4.13. The summed E-state index contributed by atoms with van der Waals surface area (Å²) in [6, 6.07) is 0. The molecule has 5 heteroatoms. The molecule has 0 amide bonds. The van der Waals surface area contributed by atoms with Crippen molar-refractivity contribution in [2.24, 2.45) is 23.7 Å². The van der Waals surface area contributed by atoms with Crippen molar-refractivity contribution in [1.29, 1.82) is 0 Å². The third kappa shape index (κ3) is 1.70. The second-order valence-electron chi connectivity index (χ2n) is 5.15. The average molecular weight is 257 g/mol. The van der Waals surface area contributed by atoms with Crippen molar-refractivity contribution < 1.29 is 19.4 Å². The van der Waals surface area contributed by atoms with E-state index in [1.165, 1.54) is 0 Å². The topological polar surface area (TPSA) is 63.6 Å². The summed E-state index contributed by atoms with van der Waals surface area (Å²) in [5.74, 6) is -0.972. The highest BCUT2D eigenvalue weighted by molar-refractivity contribution is 6.64. The summed E-state index contributed by atoms with van der Waals surface area (Å²) in [4.78, 5) is 22.9. The van der Waals surface area contributed by atoms with Crippen LogP contribution in [0.5, 0.6) is 0 Å². The van der Waals surface area contributed by atoms with Crippen LogP contribution in [0, 0.1) is 23.7 Å². The monoisotopic (exact) mass is 256 g/mol. The molecular weight excluding hydrogens is 244 g/mol. The Labute approximate surface area is 104 Å². The number of halogens is 1. The Morgan fingerprint density at radius 2 is 2.24 bits per heavy atom.